The predicted molar refractivity (Wildman–Crippen MR) is 132 cm³/mol. The number of benzene rings is 1. The van der Waals surface area contributed by atoms with Gasteiger partial charge in [-0.1, -0.05) is 29.8 Å². The minimum absolute atomic E-state index is 0.0478. The summed E-state index contributed by atoms with van der Waals surface area (Å²) in [5.74, 6) is 2.16. The molecule has 34 heavy (non-hydrogen) atoms. The lowest BCUT2D eigenvalue weighted by Crippen LogP contribution is -2.29. The molecule has 2 aliphatic rings. The van der Waals surface area contributed by atoms with Crippen LogP contribution in [0.4, 0.5) is 11.6 Å². The summed E-state index contributed by atoms with van der Waals surface area (Å²) < 4.78 is 2.09. The Labute approximate surface area is 202 Å². The number of hydrogen-bond donors (Lipinski definition) is 1. The molecule has 3 aromatic heterocycles. The van der Waals surface area contributed by atoms with Crippen LogP contribution in [0.1, 0.15) is 47.9 Å². The molecule has 7 nitrogen and oxygen atoms in total. The van der Waals surface area contributed by atoms with Gasteiger partial charge in [-0.05, 0) is 60.4 Å². The smallest absolute Gasteiger partial charge is 0.231 e. The largest absolute Gasteiger partial charge is 0.364 e. The highest BCUT2D eigenvalue weighted by Crippen LogP contribution is 2.49. The number of carbonyl (C=O) groups excluding carboxylic acids is 1. The molecule has 2 fully saturated rings. The lowest BCUT2D eigenvalue weighted by molar-refractivity contribution is -0.119. The van der Waals surface area contributed by atoms with Crippen molar-refractivity contribution in [1.82, 2.24) is 19.4 Å². The van der Waals surface area contributed by atoms with Crippen LogP contribution in [0.25, 0.3) is 5.65 Å². The van der Waals surface area contributed by atoms with E-state index in [2.05, 4.69) is 44.2 Å². The lowest BCUT2D eigenvalue weighted by atomic mass is 10.1. The van der Waals surface area contributed by atoms with Crippen molar-refractivity contribution in [3.05, 3.63) is 83.0 Å². The zero-order valence-corrected chi connectivity index (χ0v) is 19.6. The van der Waals surface area contributed by atoms with Gasteiger partial charge in [0.1, 0.15) is 23.6 Å². The first kappa shape index (κ1) is 21.1. The standard InChI is InChI=1S/C26H25ClN6O/c1-32(26(34)22-10-21(22)17-3-2-4-19(27)9-17)25-11-23(29-15-30-25)28-12-20-14-33-13-18(16-5-6-16)7-8-24(33)31-20/h2-4,7-9,11,13-16,21-22H,5-6,10,12H2,1H3,(H,28,29,30)/t21-,22?/m1/s1. The first-order valence-electron chi connectivity index (χ1n) is 11.6. The number of nitrogens with one attached hydrogen (secondary N) is 1. The molecule has 0 bridgehead atoms. The molecule has 2 saturated carbocycles. The van der Waals surface area contributed by atoms with Gasteiger partial charge >= 0.3 is 0 Å². The Morgan fingerprint density at radius 3 is 2.85 bits per heavy atom. The van der Waals surface area contributed by atoms with Crippen molar-refractivity contribution in [3.8, 4) is 0 Å². The first-order valence-corrected chi connectivity index (χ1v) is 12.0. The molecule has 2 aliphatic carbocycles. The Morgan fingerprint density at radius 2 is 2.03 bits per heavy atom. The number of amides is 1. The van der Waals surface area contributed by atoms with Crippen molar-refractivity contribution in [3.63, 3.8) is 0 Å². The van der Waals surface area contributed by atoms with Crippen LogP contribution in [0, 0.1) is 5.92 Å². The van der Waals surface area contributed by atoms with Gasteiger partial charge in [-0.3, -0.25) is 9.69 Å². The van der Waals surface area contributed by atoms with E-state index in [-0.39, 0.29) is 17.7 Å². The molecular weight excluding hydrogens is 448 g/mol. The second kappa shape index (κ2) is 8.40. The highest BCUT2D eigenvalue weighted by atomic mass is 35.5. The minimum Gasteiger partial charge on any atom is -0.364 e. The van der Waals surface area contributed by atoms with Gasteiger partial charge in [0.2, 0.25) is 5.91 Å². The third-order valence-corrected chi connectivity index (χ3v) is 6.97. The van der Waals surface area contributed by atoms with Gasteiger partial charge in [0.05, 0.1) is 12.2 Å². The number of nitrogens with zero attached hydrogens (tertiary/aromatic N) is 5. The summed E-state index contributed by atoms with van der Waals surface area (Å²) in [4.78, 5) is 28.0. The summed E-state index contributed by atoms with van der Waals surface area (Å²) in [6, 6.07) is 13.8. The average Bonchev–Trinajstić information content (AvgIpc) is 3.78. The van der Waals surface area contributed by atoms with Crippen LogP contribution in [0.2, 0.25) is 5.02 Å². The monoisotopic (exact) mass is 472 g/mol. The molecule has 1 aromatic carbocycles. The maximum Gasteiger partial charge on any atom is 0.231 e. The number of fused-ring (bicyclic) bond motifs is 1. The molecule has 1 amide bonds. The van der Waals surface area contributed by atoms with Crippen molar-refractivity contribution >= 4 is 34.8 Å². The van der Waals surface area contributed by atoms with Crippen LogP contribution in [-0.2, 0) is 11.3 Å². The summed E-state index contributed by atoms with van der Waals surface area (Å²) >= 11 is 6.11. The molecule has 6 rings (SSSR count). The zero-order valence-electron chi connectivity index (χ0n) is 18.9. The molecule has 0 radical (unpaired) electrons. The van der Waals surface area contributed by atoms with Crippen molar-refractivity contribution in [2.45, 2.75) is 37.6 Å². The molecule has 0 aliphatic heterocycles. The fourth-order valence-electron chi connectivity index (χ4n) is 4.55. The molecule has 2 atom stereocenters. The average molecular weight is 473 g/mol. The molecule has 0 spiro atoms. The maximum atomic E-state index is 13.0. The minimum atomic E-state index is -0.0478. The van der Waals surface area contributed by atoms with Gasteiger partial charge in [0.25, 0.3) is 0 Å². The van der Waals surface area contributed by atoms with Crippen LogP contribution in [0.5, 0.6) is 0 Å². The van der Waals surface area contributed by atoms with E-state index in [4.69, 9.17) is 16.6 Å². The molecule has 1 unspecified atom stereocenters. The molecule has 8 heteroatoms. The fourth-order valence-corrected chi connectivity index (χ4v) is 4.75. The van der Waals surface area contributed by atoms with E-state index in [9.17, 15) is 4.79 Å². The summed E-state index contributed by atoms with van der Waals surface area (Å²) in [7, 11) is 1.77. The Balaban J connectivity index is 1.11. The summed E-state index contributed by atoms with van der Waals surface area (Å²) in [6.07, 6.45) is 9.11. The van der Waals surface area contributed by atoms with Gasteiger partial charge in [-0.25, -0.2) is 15.0 Å². The normalized spacial score (nSPS) is 19.2. The van der Waals surface area contributed by atoms with Crippen LogP contribution in [0.3, 0.4) is 0 Å². The number of imidazole rings is 1. The SMILES string of the molecule is CN(C(=O)C1C[C@@H]1c1cccc(Cl)c1)c1cc(NCc2cn3cc(C4CC4)ccc3n2)ncn1. The summed E-state index contributed by atoms with van der Waals surface area (Å²) in [5, 5.41) is 4.01. The topological polar surface area (TPSA) is 75.4 Å². The van der Waals surface area contributed by atoms with E-state index < -0.39 is 0 Å². The van der Waals surface area contributed by atoms with Crippen molar-refractivity contribution in [1.29, 1.82) is 0 Å². The second-order valence-corrected chi connectivity index (χ2v) is 9.69. The summed E-state index contributed by atoms with van der Waals surface area (Å²) in [6.45, 7) is 0.536. The Hall–Kier alpha value is -3.45. The Bertz CT molecular complexity index is 1380. The Morgan fingerprint density at radius 1 is 1.15 bits per heavy atom. The number of hydrogen-bond acceptors (Lipinski definition) is 5. The highest BCUT2D eigenvalue weighted by Gasteiger charge is 2.45. The summed E-state index contributed by atoms with van der Waals surface area (Å²) in [5.41, 5.74) is 4.36. The van der Waals surface area contributed by atoms with E-state index in [1.54, 1.807) is 18.0 Å². The van der Waals surface area contributed by atoms with E-state index in [1.165, 1.54) is 24.7 Å². The van der Waals surface area contributed by atoms with Gasteiger partial charge in [0, 0.05) is 36.4 Å². The van der Waals surface area contributed by atoms with Crippen molar-refractivity contribution in [2.75, 3.05) is 17.3 Å². The first-order chi connectivity index (χ1) is 16.5. The number of carbonyl (C=O) groups is 1. The number of rotatable bonds is 7. The Kier molecular flexibility index (Phi) is 5.21. The molecule has 172 valence electrons. The van der Waals surface area contributed by atoms with E-state index in [1.807, 2.05) is 24.3 Å². The molecule has 4 aromatic rings. The van der Waals surface area contributed by atoms with E-state index in [0.717, 1.165) is 23.3 Å². The predicted octanol–water partition coefficient (Wildman–Crippen LogP) is 5.03. The molecule has 1 N–H and O–H groups in total. The van der Waals surface area contributed by atoms with Gasteiger partial charge in [-0.2, -0.15) is 0 Å². The van der Waals surface area contributed by atoms with Crippen molar-refractivity contribution in [2.24, 2.45) is 5.92 Å². The van der Waals surface area contributed by atoms with Crippen LogP contribution >= 0.6 is 11.6 Å². The number of anilines is 2. The molecular formula is C26H25ClN6O. The van der Waals surface area contributed by atoms with Gasteiger partial charge in [0.15, 0.2) is 0 Å². The fraction of sp³-hybridized carbons (Fsp3) is 0.308. The van der Waals surface area contributed by atoms with E-state index >= 15 is 0 Å². The number of halogens is 1. The third kappa shape index (κ3) is 4.23. The second-order valence-electron chi connectivity index (χ2n) is 9.25. The maximum absolute atomic E-state index is 13.0. The number of pyridine rings is 1. The quantitative estimate of drug-likeness (QED) is 0.408. The van der Waals surface area contributed by atoms with Crippen LogP contribution in [-0.4, -0.2) is 32.3 Å². The zero-order chi connectivity index (χ0) is 23.2. The number of aromatic nitrogens is 4. The van der Waals surface area contributed by atoms with Gasteiger partial charge < -0.3 is 9.72 Å². The third-order valence-electron chi connectivity index (χ3n) is 6.73. The van der Waals surface area contributed by atoms with E-state index in [0.29, 0.717) is 29.1 Å². The van der Waals surface area contributed by atoms with Crippen molar-refractivity contribution < 1.29 is 4.79 Å². The molecule has 0 saturated heterocycles. The van der Waals surface area contributed by atoms with Crippen LogP contribution < -0.4 is 10.2 Å². The molecule has 3 heterocycles. The highest BCUT2D eigenvalue weighted by molar-refractivity contribution is 6.30. The lowest BCUT2D eigenvalue weighted by Gasteiger charge is -2.17. The van der Waals surface area contributed by atoms with Gasteiger partial charge in [-0.15, -0.1) is 0 Å². The van der Waals surface area contributed by atoms with Crippen LogP contribution in [0.15, 0.2) is 61.2 Å².